The van der Waals surface area contributed by atoms with Crippen molar-refractivity contribution in [2.75, 3.05) is 12.9 Å². The summed E-state index contributed by atoms with van der Waals surface area (Å²) in [6, 6.07) is 27.4. The van der Waals surface area contributed by atoms with Crippen molar-refractivity contribution in [2.45, 2.75) is 12.1 Å². The number of carbonyl (C=O) groups excluding carboxylic acids is 1. The molecule has 0 atom stereocenters. The molecule has 0 bridgehead atoms. The van der Waals surface area contributed by atoms with Crippen LogP contribution < -0.4 is 10.2 Å². The van der Waals surface area contributed by atoms with Crippen LogP contribution in [0.3, 0.4) is 0 Å². The van der Waals surface area contributed by atoms with Crippen molar-refractivity contribution in [3.63, 3.8) is 0 Å². The number of amides is 1. The largest absolute Gasteiger partial charge is 0.497 e. The van der Waals surface area contributed by atoms with Gasteiger partial charge in [-0.1, -0.05) is 78.5 Å². The zero-order valence-corrected chi connectivity index (χ0v) is 20.3. The monoisotopic (exact) mass is 483 g/mol. The molecule has 1 amide bonds. The molecule has 3 aromatic carbocycles. The SMILES string of the molecule is COc1ccc(-n2c(SCC(=O)N/N=C/C(C)=C/c3ccccc3)nnc2-c2ccccc2)cc1. The Hall–Kier alpha value is -4.17. The van der Waals surface area contributed by atoms with Gasteiger partial charge in [0, 0.05) is 11.3 Å². The fourth-order valence-corrected chi connectivity index (χ4v) is 4.06. The Morgan fingerprint density at radius 1 is 1.00 bits per heavy atom. The van der Waals surface area contributed by atoms with Crippen molar-refractivity contribution in [2.24, 2.45) is 5.10 Å². The summed E-state index contributed by atoms with van der Waals surface area (Å²) in [6.45, 7) is 1.93. The number of thioether (sulfide) groups is 1. The molecule has 35 heavy (non-hydrogen) atoms. The number of aromatic nitrogens is 3. The third-order valence-corrected chi connectivity index (χ3v) is 5.91. The first kappa shape index (κ1) is 24.0. The Morgan fingerprint density at radius 3 is 2.37 bits per heavy atom. The number of nitrogens with one attached hydrogen (secondary N) is 1. The number of methoxy groups -OCH3 is 1. The molecule has 1 aromatic heterocycles. The van der Waals surface area contributed by atoms with E-state index in [0.29, 0.717) is 11.0 Å². The minimum atomic E-state index is -0.232. The van der Waals surface area contributed by atoms with Crippen LogP contribution in [0, 0.1) is 0 Å². The second-order valence-corrected chi connectivity index (χ2v) is 8.53. The molecule has 0 aliphatic carbocycles. The van der Waals surface area contributed by atoms with Gasteiger partial charge in [-0.3, -0.25) is 9.36 Å². The van der Waals surface area contributed by atoms with Crippen LogP contribution in [-0.2, 0) is 4.79 Å². The smallest absolute Gasteiger partial charge is 0.250 e. The van der Waals surface area contributed by atoms with Gasteiger partial charge in [0.2, 0.25) is 0 Å². The van der Waals surface area contributed by atoms with Gasteiger partial charge in [-0.2, -0.15) is 5.10 Å². The van der Waals surface area contributed by atoms with E-state index in [-0.39, 0.29) is 11.7 Å². The zero-order chi connectivity index (χ0) is 24.5. The molecule has 0 unspecified atom stereocenters. The number of hydrogen-bond acceptors (Lipinski definition) is 6. The molecule has 4 rings (SSSR count). The van der Waals surface area contributed by atoms with Crippen LogP contribution in [0.1, 0.15) is 12.5 Å². The number of nitrogens with zero attached hydrogens (tertiary/aromatic N) is 4. The van der Waals surface area contributed by atoms with Crippen LogP contribution in [0.5, 0.6) is 5.75 Å². The third-order valence-electron chi connectivity index (χ3n) is 4.98. The van der Waals surface area contributed by atoms with E-state index in [9.17, 15) is 4.79 Å². The summed E-state index contributed by atoms with van der Waals surface area (Å²) in [5.74, 6) is 1.36. The highest BCUT2D eigenvalue weighted by Crippen LogP contribution is 2.28. The molecule has 0 aliphatic rings. The first-order valence-corrected chi connectivity index (χ1v) is 12.0. The lowest BCUT2D eigenvalue weighted by Gasteiger charge is -2.11. The number of benzene rings is 3. The molecule has 4 aromatic rings. The van der Waals surface area contributed by atoms with Crippen molar-refractivity contribution in [3.8, 4) is 22.8 Å². The Labute approximate surface area is 208 Å². The molecule has 1 N–H and O–H groups in total. The average molecular weight is 484 g/mol. The van der Waals surface area contributed by atoms with Crippen LogP contribution in [0.2, 0.25) is 0 Å². The molecule has 7 nitrogen and oxygen atoms in total. The Bertz CT molecular complexity index is 1320. The first-order chi connectivity index (χ1) is 17.1. The van der Waals surface area contributed by atoms with E-state index in [1.165, 1.54) is 11.8 Å². The van der Waals surface area contributed by atoms with Crippen LogP contribution >= 0.6 is 11.8 Å². The second kappa shape index (κ2) is 11.8. The predicted molar refractivity (Wildman–Crippen MR) is 141 cm³/mol. The molecular formula is C27H25N5O2S. The summed E-state index contributed by atoms with van der Waals surface area (Å²) in [6.07, 6.45) is 3.62. The van der Waals surface area contributed by atoms with Crippen LogP contribution in [-0.4, -0.2) is 39.7 Å². The van der Waals surface area contributed by atoms with Crippen molar-refractivity contribution in [1.29, 1.82) is 0 Å². The molecule has 8 heteroatoms. The maximum Gasteiger partial charge on any atom is 0.250 e. The molecule has 0 aliphatic heterocycles. The van der Waals surface area contributed by atoms with Gasteiger partial charge in [0.1, 0.15) is 5.75 Å². The minimum absolute atomic E-state index is 0.141. The van der Waals surface area contributed by atoms with Gasteiger partial charge in [0.15, 0.2) is 11.0 Å². The fraction of sp³-hybridized carbons (Fsp3) is 0.111. The molecule has 0 fully saturated rings. The number of ether oxygens (including phenoxy) is 1. The van der Waals surface area contributed by atoms with Gasteiger partial charge in [0.25, 0.3) is 5.91 Å². The van der Waals surface area contributed by atoms with Gasteiger partial charge < -0.3 is 4.74 Å². The molecule has 0 saturated heterocycles. The van der Waals surface area contributed by atoms with E-state index in [1.807, 2.05) is 102 Å². The lowest BCUT2D eigenvalue weighted by atomic mass is 10.1. The second-order valence-electron chi connectivity index (χ2n) is 7.59. The van der Waals surface area contributed by atoms with E-state index in [4.69, 9.17) is 4.74 Å². The van der Waals surface area contributed by atoms with Crippen LogP contribution in [0.15, 0.2) is 101 Å². The highest BCUT2D eigenvalue weighted by atomic mass is 32.2. The minimum Gasteiger partial charge on any atom is -0.497 e. The lowest BCUT2D eigenvalue weighted by Crippen LogP contribution is -2.20. The molecular weight excluding hydrogens is 458 g/mol. The van der Waals surface area contributed by atoms with Gasteiger partial charge in [0.05, 0.1) is 19.1 Å². The number of carbonyl (C=O) groups is 1. The maximum absolute atomic E-state index is 12.4. The van der Waals surface area contributed by atoms with Gasteiger partial charge >= 0.3 is 0 Å². The number of hydrazone groups is 1. The van der Waals surface area contributed by atoms with Crippen molar-refractivity contribution < 1.29 is 9.53 Å². The van der Waals surface area contributed by atoms with Crippen molar-refractivity contribution >= 4 is 30.0 Å². The molecule has 0 radical (unpaired) electrons. The standard InChI is InChI=1S/C27H25N5O2S/c1-20(17-21-9-5-3-6-10-21)18-28-29-25(33)19-35-27-31-30-26(22-11-7-4-8-12-22)32(27)23-13-15-24(34-2)16-14-23/h3-18H,19H2,1-2H3,(H,29,33)/b20-17+,28-18+. The maximum atomic E-state index is 12.4. The molecule has 0 spiro atoms. The van der Waals surface area contributed by atoms with E-state index in [1.54, 1.807) is 13.3 Å². The molecule has 176 valence electrons. The normalized spacial score (nSPS) is 11.5. The van der Waals surface area contributed by atoms with Crippen LogP contribution in [0.4, 0.5) is 0 Å². The summed E-state index contributed by atoms with van der Waals surface area (Å²) >= 11 is 1.29. The first-order valence-electron chi connectivity index (χ1n) is 11.0. The van der Waals surface area contributed by atoms with Gasteiger partial charge in [-0.15, -0.1) is 10.2 Å². The topological polar surface area (TPSA) is 81.4 Å². The summed E-state index contributed by atoms with van der Waals surface area (Å²) < 4.78 is 7.22. The third kappa shape index (κ3) is 6.45. The zero-order valence-electron chi connectivity index (χ0n) is 19.5. The average Bonchev–Trinajstić information content (AvgIpc) is 3.32. The van der Waals surface area contributed by atoms with E-state index < -0.39 is 0 Å². The predicted octanol–water partition coefficient (Wildman–Crippen LogP) is 5.24. The van der Waals surface area contributed by atoms with E-state index in [0.717, 1.165) is 28.1 Å². The lowest BCUT2D eigenvalue weighted by molar-refractivity contribution is -0.118. The van der Waals surface area contributed by atoms with E-state index >= 15 is 0 Å². The van der Waals surface area contributed by atoms with Crippen molar-refractivity contribution in [3.05, 3.63) is 96.1 Å². The summed E-state index contributed by atoms with van der Waals surface area (Å²) in [4.78, 5) is 12.4. The van der Waals surface area contributed by atoms with Crippen LogP contribution in [0.25, 0.3) is 23.2 Å². The highest BCUT2D eigenvalue weighted by Gasteiger charge is 2.17. The van der Waals surface area contributed by atoms with Crippen molar-refractivity contribution in [1.82, 2.24) is 20.2 Å². The summed E-state index contributed by atoms with van der Waals surface area (Å²) in [5, 5.41) is 13.4. The van der Waals surface area contributed by atoms with Gasteiger partial charge in [-0.05, 0) is 42.3 Å². The molecule has 0 saturated carbocycles. The number of rotatable bonds is 9. The summed E-state index contributed by atoms with van der Waals surface area (Å²) in [7, 11) is 1.63. The quantitative estimate of drug-likeness (QED) is 0.200. The number of hydrogen-bond donors (Lipinski definition) is 1. The number of allylic oxidation sites excluding steroid dienone is 1. The Balaban J connectivity index is 1.46. The Kier molecular flexibility index (Phi) is 8.08. The Morgan fingerprint density at radius 2 is 1.69 bits per heavy atom. The molecule has 1 heterocycles. The van der Waals surface area contributed by atoms with E-state index in [2.05, 4.69) is 20.7 Å². The van der Waals surface area contributed by atoms with Gasteiger partial charge in [-0.25, -0.2) is 5.43 Å². The summed E-state index contributed by atoms with van der Waals surface area (Å²) in [5.41, 5.74) is 6.38. The fourth-order valence-electron chi connectivity index (χ4n) is 3.32. The highest BCUT2D eigenvalue weighted by molar-refractivity contribution is 7.99.